The zero-order valence-electron chi connectivity index (χ0n) is 9.85. The van der Waals surface area contributed by atoms with Crippen LogP contribution < -0.4 is 5.32 Å². The number of anilines is 1. The number of imidazole rings is 1. The number of ether oxygens (including phenoxy) is 1. The van der Waals surface area contributed by atoms with Gasteiger partial charge in [0.25, 0.3) is 5.91 Å². The van der Waals surface area contributed by atoms with E-state index in [9.17, 15) is 4.79 Å². The summed E-state index contributed by atoms with van der Waals surface area (Å²) in [5, 5.41) is 2.73. The van der Waals surface area contributed by atoms with E-state index in [-0.39, 0.29) is 12.0 Å². The fourth-order valence-electron chi connectivity index (χ4n) is 2.05. The summed E-state index contributed by atoms with van der Waals surface area (Å²) in [6.45, 7) is 0.653. The lowest BCUT2D eigenvalue weighted by atomic mass is 10.1. The van der Waals surface area contributed by atoms with Gasteiger partial charge in [0.1, 0.15) is 6.10 Å². The molecule has 0 spiro atoms. The predicted octanol–water partition coefficient (Wildman–Crippen LogP) is 1.47. The molecule has 0 aliphatic carbocycles. The first-order valence-corrected chi connectivity index (χ1v) is 6.06. The summed E-state index contributed by atoms with van der Waals surface area (Å²) < 4.78 is 5.42. The van der Waals surface area contributed by atoms with Crippen molar-refractivity contribution in [2.24, 2.45) is 0 Å². The lowest BCUT2D eigenvalue weighted by molar-refractivity contribution is -0.130. The highest BCUT2D eigenvalue weighted by molar-refractivity contribution is 5.93. The van der Waals surface area contributed by atoms with Crippen LogP contribution in [0.1, 0.15) is 19.3 Å². The van der Waals surface area contributed by atoms with Gasteiger partial charge in [-0.25, -0.2) is 4.98 Å². The van der Waals surface area contributed by atoms with Crippen LogP contribution in [0.3, 0.4) is 0 Å². The highest BCUT2D eigenvalue weighted by Gasteiger charge is 2.22. The molecule has 1 unspecified atom stereocenters. The molecule has 1 aliphatic heterocycles. The van der Waals surface area contributed by atoms with Gasteiger partial charge >= 0.3 is 0 Å². The molecule has 6 nitrogen and oxygen atoms in total. The monoisotopic (exact) mass is 246 g/mol. The van der Waals surface area contributed by atoms with E-state index < -0.39 is 0 Å². The smallest absolute Gasteiger partial charge is 0.255 e. The average molecular weight is 246 g/mol. The Kier molecular flexibility index (Phi) is 2.93. The SMILES string of the molecule is O=C(Nc1nc2ncccc2[nH]1)C1CCCCO1. The van der Waals surface area contributed by atoms with Gasteiger partial charge in [0.2, 0.25) is 5.95 Å². The van der Waals surface area contributed by atoms with Crippen LogP contribution in [0.15, 0.2) is 18.3 Å². The third-order valence-electron chi connectivity index (χ3n) is 2.97. The number of H-pyrrole nitrogens is 1. The van der Waals surface area contributed by atoms with Gasteiger partial charge in [-0.05, 0) is 31.4 Å². The second kappa shape index (κ2) is 4.73. The minimum atomic E-state index is -0.361. The van der Waals surface area contributed by atoms with Gasteiger partial charge in [-0.2, -0.15) is 4.98 Å². The summed E-state index contributed by atoms with van der Waals surface area (Å²) in [5.74, 6) is 0.275. The molecule has 2 N–H and O–H groups in total. The van der Waals surface area contributed by atoms with Crippen molar-refractivity contribution in [1.82, 2.24) is 15.0 Å². The first-order chi connectivity index (χ1) is 8.83. The Morgan fingerprint density at radius 2 is 2.44 bits per heavy atom. The van der Waals surface area contributed by atoms with Crippen LogP contribution in [0.25, 0.3) is 11.2 Å². The Morgan fingerprint density at radius 1 is 1.50 bits per heavy atom. The number of nitrogens with zero attached hydrogens (tertiary/aromatic N) is 2. The van der Waals surface area contributed by atoms with Gasteiger partial charge in [0, 0.05) is 12.8 Å². The van der Waals surface area contributed by atoms with Crippen molar-refractivity contribution >= 4 is 23.0 Å². The molecule has 2 aromatic heterocycles. The van der Waals surface area contributed by atoms with Crippen molar-refractivity contribution in [3.05, 3.63) is 18.3 Å². The third kappa shape index (κ3) is 2.19. The van der Waals surface area contributed by atoms with Crippen molar-refractivity contribution in [2.75, 3.05) is 11.9 Å². The third-order valence-corrected chi connectivity index (χ3v) is 2.97. The van der Waals surface area contributed by atoms with E-state index in [1.54, 1.807) is 6.20 Å². The van der Waals surface area contributed by atoms with E-state index in [2.05, 4.69) is 20.3 Å². The molecule has 2 aromatic rings. The van der Waals surface area contributed by atoms with Gasteiger partial charge in [0.05, 0.1) is 5.52 Å². The topological polar surface area (TPSA) is 79.9 Å². The maximum atomic E-state index is 11.9. The van der Waals surface area contributed by atoms with Gasteiger partial charge < -0.3 is 9.72 Å². The van der Waals surface area contributed by atoms with Crippen LogP contribution in [0.5, 0.6) is 0 Å². The normalized spacial score (nSPS) is 19.9. The number of aromatic nitrogens is 3. The van der Waals surface area contributed by atoms with E-state index in [0.29, 0.717) is 18.2 Å². The highest BCUT2D eigenvalue weighted by Crippen LogP contribution is 2.15. The standard InChI is InChI=1S/C12H14N4O2/c17-11(9-5-1-2-7-18-9)16-12-14-8-4-3-6-13-10(8)15-12/h3-4,6,9H,1-2,5,7H2,(H2,13,14,15,16,17). The molecule has 94 valence electrons. The number of amides is 1. The molecule has 0 aromatic carbocycles. The number of hydrogen-bond donors (Lipinski definition) is 2. The molecule has 18 heavy (non-hydrogen) atoms. The Balaban J connectivity index is 1.73. The first kappa shape index (κ1) is 11.2. The highest BCUT2D eigenvalue weighted by atomic mass is 16.5. The molecule has 1 fully saturated rings. The number of pyridine rings is 1. The average Bonchev–Trinajstić information content (AvgIpc) is 2.82. The number of rotatable bonds is 2. The minimum absolute atomic E-state index is 0.145. The maximum Gasteiger partial charge on any atom is 0.255 e. The van der Waals surface area contributed by atoms with Gasteiger partial charge in [0.15, 0.2) is 5.65 Å². The van der Waals surface area contributed by atoms with E-state index in [1.807, 2.05) is 12.1 Å². The molecule has 0 saturated carbocycles. The van der Waals surface area contributed by atoms with Gasteiger partial charge in [-0.3, -0.25) is 10.1 Å². The van der Waals surface area contributed by atoms with Crippen molar-refractivity contribution < 1.29 is 9.53 Å². The lowest BCUT2D eigenvalue weighted by Crippen LogP contribution is -2.33. The quantitative estimate of drug-likeness (QED) is 0.840. The van der Waals surface area contributed by atoms with E-state index in [4.69, 9.17) is 4.74 Å². The first-order valence-electron chi connectivity index (χ1n) is 6.06. The Bertz CT molecular complexity index is 527. The van der Waals surface area contributed by atoms with Crippen LogP contribution in [0, 0.1) is 0 Å². The fraction of sp³-hybridized carbons (Fsp3) is 0.417. The van der Waals surface area contributed by atoms with Crippen molar-refractivity contribution in [2.45, 2.75) is 25.4 Å². The Hall–Kier alpha value is -1.95. The Morgan fingerprint density at radius 3 is 3.22 bits per heavy atom. The number of carbonyl (C=O) groups excluding carboxylic acids is 1. The zero-order chi connectivity index (χ0) is 12.4. The number of hydrogen-bond acceptors (Lipinski definition) is 4. The summed E-state index contributed by atoms with van der Waals surface area (Å²) in [4.78, 5) is 23.2. The summed E-state index contributed by atoms with van der Waals surface area (Å²) in [6.07, 6.45) is 4.13. The summed E-state index contributed by atoms with van der Waals surface area (Å²) in [6, 6.07) is 3.68. The van der Waals surface area contributed by atoms with Crippen molar-refractivity contribution in [3.63, 3.8) is 0 Å². The fourth-order valence-corrected chi connectivity index (χ4v) is 2.05. The van der Waals surface area contributed by atoms with E-state index in [1.165, 1.54) is 0 Å². The van der Waals surface area contributed by atoms with Crippen molar-refractivity contribution in [3.8, 4) is 0 Å². The minimum Gasteiger partial charge on any atom is -0.368 e. The molecular weight excluding hydrogens is 232 g/mol. The summed E-state index contributed by atoms with van der Waals surface area (Å²) in [7, 11) is 0. The number of nitrogens with one attached hydrogen (secondary N) is 2. The molecule has 1 atom stereocenters. The molecule has 1 amide bonds. The van der Waals surface area contributed by atoms with Crippen molar-refractivity contribution in [1.29, 1.82) is 0 Å². The van der Waals surface area contributed by atoms with E-state index in [0.717, 1.165) is 24.8 Å². The molecule has 6 heteroatoms. The van der Waals surface area contributed by atoms with Crippen LogP contribution in [-0.4, -0.2) is 33.6 Å². The maximum absolute atomic E-state index is 11.9. The molecule has 1 saturated heterocycles. The van der Waals surface area contributed by atoms with E-state index >= 15 is 0 Å². The van der Waals surface area contributed by atoms with Crippen LogP contribution in [-0.2, 0) is 9.53 Å². The lowest BCUT2D eigenvalue weighted by Gasteiger charge is -2.20. The number of carbonyl (C=O) groups is 1. The number of aromatic amines is 1. The second-order valence-electron chi connectivity index (χ2n) is 4.30. The number of fused-ring (bicyclic) bond motifs is 1. The molecule has 0 bridgehead atoms. The largest absolute Gasteiger partial charge is 0.368 e. The molecule has 3 rings (SSSR count). The summed E-state index contributed by atoms with van der Waals surface area (Å²) in [5.41, 5.74) is 1.40. The summed E-state index contributed by atoms with van der Waals surface area (Å²) >= 11 is 0. The molecular formula is C12H14N4O2. The van der Waals surface area contributed by atoms with Gasteiger partial charge in [-0.1, -0.05) is 0 Å². The molecule has 1 aliphatic rings. The predicted molar refractivity (Wildman–Crippen MR) is 66.1 cm³/mol. The zero-order valence-corrected chi connectivity index (χ0v) is 9.85. The molecule has 0 radical (unpaired) electrons. The van der Waals surface area contributed by atoms with Gasteiger partial charge in [-0.15, -0.1) is 0 Å². The van der Waals surface area contributed by atoms with Crippen LogP contribution in [0.2, 0.25) is 0 Å². The Labute approximate surface area is 104 Å². The second-order valence-corrected chi connectivity index (χ2v) is 4.30. The van der Waals surface area contributed by atoms with Crippen LogP contribution >= 0.6 is 0 Å². The molecule has 3 heterocycles. The van der Waals surface area contributed by atoms with Crippen LogP contribution in [0.4, 0.5) is 5.95 Å².